The van der Waals surface area contributed by atoms with Crippen LogP contribution in [-0.4, -0.2) is 59.8 Å². The maximum Gasteiger partial charge on any atom is 0.326 e. The van der Waals surface area contributed by atoms with Crippen molar-refractivity contribution in [2.24, 2.45) is 29.6 Å². The second-order valence-corrected chi connectivity index (χ2v) is 12.6. The number of fused-ring (bicyclic) bond motifs is 9. The van der Waals surface area contributed by atoms with E-state index in [-0.39, 0.29) is 58.3 Å². The van der Waals surface area contributed by atoms with Gasteiger partial charge in [-0.1, -0.05) is 17.4 Å². The lowest BCUT2D eigenvalue weighted by Gasteiger charge is -2.43. The molecule has 1 aromatic carbocycles. The number of hydrogen-bond acceptors (Lipinski definition) is 9. The summed E-state index contributed by atoms with van der Waals surface area (Å²) in [5, 5.41) is 0.913. The summed E-state index contributed by atoms with van der Waals surface area (Å²) in [4.78, 5) is 56.7. The Labute approximate surface area is 221 Å². The van der Waals surface area contributed by atoms with Crippen LogP contribution >= 0.6 is 23.1 Å². The standard InChI is InChI=1S/C26H28N2O7S2/c1-10(2)35-16(29)9-28-24(30)19-12-8-13(20(19)25(28)31)21-18(12)17(22-23(36-21)27-26(32)37-22)11-5-6-14(33-3)15(7-11)34-4/h5-7,10,12-13,17-21H,8-9H2,1-4H3,(H,27,32). The number of ether oxygens (including phenoxy) is 3. The minimum atomic E-state index is -0.571. The second kappa shape index (κ2) is 8.90. The maximum atomic E-state index is 13.6. The van der Waals surface area contributed by atoms with Gasteiger partial charge >= 0.3 is 10.8 Å². The van der Waals surface area contributed by atoms with Gasteiger partial charge in [-0.25, -0.2) is 0 Å². The van der Waals surface area contributed by atoms with Crippen LogP contribution in [0.4, 0.5) is 0 Å². The van der Waals surface area contributed by atoms with Gasteiger partial charge in [0.15, 0.2) is 11.5 Å². The third-order valence-electron chi connectivity index (χ3n) is 8.24. The summed E-state index contributed by atoms with van der Waals surface area (Å²) in [6.45, 7) is 3.13. The predicted molar refractivity (Wildman–Crippen MR) is 136 cm³/mol. The highest BCUT2D eigenvalue weighted by molar-refractivity contribution is 8.00. The first-order valence-electron chi connectivity index (χ1n) is 12.4. The van der Waals surface area contributed by atoms with Crippen molar-refractivity contribution in [1.82, 2.24) is 9.88 Å². The van der Waals surface area contributed by atoms with Crippen molar-refractivity contribution in [3.05, 3.63) is 38.3 Å². The second-order valence-electron chi connectivity index (χ2n) is 10.4. The van der Waals surface area contributed by atoms with Crippen LogP contribution in [0.2, 0.25) is 0 Å². The van der Waals surface area contributed by atoms with Crippen molar-refractivity contribution >= 4 is 40.9 Å². The number of rotatable bonds is 6. The van der Waals surface area contributed by atoms with E-state index >= 15 is 0 Å². The highest BCUT2D eigenvalue weighted by Gasteiger charge is 2.69. The van der Waals surface area contributed by atoms with Gasteiger partial charge in [0.25, 0.3) is 0 Å². The van der Waals surface area contributed by atoms with Crippen molar-refractivity contribution in [2.45, 2.75) is 42.6 Å². The molecule has 4 aliphatic rings. The number of aromatic amines is 1. The summed E-state index contributed by atoms with van der Waals surface area (Å²) in [6.07, 6.45) is 0.459. The first-order chi connectivity index (χ1) is 17.7. The summed E-state index contributed by atoms with van der Waals surface area (Å²) in [6, 6.07) is 5.80. The van der Waals surface area contributed by atoms with E-state index in [1.165, 1.54) is 11.3 Å². The predicted octanol–water partition coefficient (Wildman–Crippen LogP) is 2.88. The maximum absolute atomic E-state index is 13.6. The molecule has 2 amide bonds. The molecule has 0 radical (unpaired) electrons. The molecule has 3 heterocycles. The highest BCUT2D eigenvalue weighted by Crippen LogP contribution is 2.68. The average Bonchev–Trinajstić information content (AvgIpc) is 3.59. The molecule has 6 rings (SSSR count). The Bertz CT molecular complexity index is 1350. The SMILES string of the molecule is COc1ccc(C2c3sc(=O)[nH]c3SC3C4CC(C5C(=O)N(CC(=O)OC(C)C)C(=O)C45)C23)cc1OC. The van der Waals surface area contributed by atoms with Crippen LogP contribution < -0.4 is 14.3 Å². The zero-order chi connectivity index (χ0) is 26.2. The molecule has 9 nitrogen and oxygen atoms in total. The van der Waals surface area contributed by atoms with Crippen LogP contribution in [0.1, 0.15) is 36.6 Å². The largest absolute Gasteiger partial charge is 0.493 e. The van der Waals surface area contributed by atoms with Crippen LogP contribution in [0, 0.1) is 29.6 Å². The van der Waals surface area contributed by atoms with Gasteiger partial charge < -0.3 is 19.2 Å². The number of amides is 2. The van der Waals surface area contributed by atoms with E-state index in [9.17, 15) is 19.2 Å². The fraction of sp³-hybridized carbons (Fsp3) is 0.538. The fourth-order valence-corrected chi connectivity index (χ4v) is 9.97. The third-order valence-corrected chi connectivity index (χ3v) is 10.8. The number of nitrogens with one attached hydrogen (secondary N) is 1. The fourth-order valence-electron chi connectivity index (χ4n) is 7.08. The number of methoxy groups -OCH3 is 2. The molecule has 7 unspecified atom stereocenters. The summed E-state index contributed by atoms with van der Waals surface area (Å²) in [5.74, 6) is -0.880. The summed E-state index contributed by atoms with van der Waals surface area (Å²) in [5.41, 5.74) is 0.989. The van der Waals surface area contributed by atoms with Gasteiger partial charge in [-0.3, -0.25) is 24.1 Å². The average molecular weight is 545 g/mol. The van der Waals surface area contributed by atoms with Gasteiger partial charge in [-0.2, -0.15) is 0 Å². The number of thioether (sulfide) groups is 1. The van der Waals surface area contributed by atoms with Gasteiger partial charge in [-0.15, -0.1) is 11.8 Å². The summed E-state index contributed by atoms with van der Waals surface area (Å²) in [7, 11) is 3.17. The summed E-state index contributed by atoms with van der Waals surface area (Å²) < 4.78 is 16.2. The lowest BCUT2D eigenvalue weighted by atomic mass is 9.68. The molecule has 7 atom stereocenters. The lowest BCUT2D eigenvalue weighted by Crippen LogP contribution is -2.42. The van der Waals surface area contributed by atoms with Crippen molar-refractivity contribution in [3.63, 3.8) is 0 Å². The van der Waals surface area contributed by atoms with E-state index < -0.39 is 17.8 Å². The topological polar surface area (TPSA) is 115 Å². The van der Waals surface area contributed by atoms with E-state index in [1.807, 2.05) is 18.2 Å². The van der Waals surface area contributed by atoms with Crippen LogP contribution in [0.5, 0.6) is 11.5 Å². The minimum absolute atomic E-state index is 0.00762. The van der Waals surface area contributed by atoms with E-state index in [1.54, 1.807) is 39.8 Å². The number of carbonyl (C=O) groups is 3. The molecular formula is C26H28N2O7S2. The molecule has 37 heavy (non-hydrogen) atoms. The number of esters is 1. The van der Waals surface area contributed by atoms with Crippen molar-refractivity contribution in [2.75, 3.05) is 20.8 Å². The number of carbonyl (C=O) groups excluding carboxylic acids is 3. The molecule has 3 fully saturated rings. The van der Waals surface area contributed by atoms with Crippen molar-refractivity contribution in [3.8, 4) is 11.5 Å². The zero-order valence-electron chi connectivity index (χ0n) is 20.9. The lowest BCUT2D eigenvalue weighted by molar-refractivity contribution is -0.155. The molecule has 2 saturated carbocycles. The van der Waals surface area contributed by atoms with Crippen LogP contribution in [0.25, 0.3) is 0 Å². The van der Waals surface area contributed by atoms with Crippen molar-refractivity contribution in [1.29, 1.82) is 0 Å². The summed E-state index contributed by atoms with van der Waals surface area (Å²) >= 11 is 2.84. The molecule has 1 saturated heterocycles. The third kappa shape index (κ3) is 3.64. The van der Waals surface area contributed by atoms with Gasteiger partial charge in [0, 0.05) is 16.0 Å². The number of hydrogen-bond donors (Lipinski definition) is 1. The monoisotopic (exact) mass is 544 g/mol. The zero-order valence-corrected chi connectivity index (χ0v) is 22.5. The molecule has 11 heteroatoms. The van der Waals surface area contributed by atoms with Gasteiger partial charge in [0.05, 0.1) is 37.2 Å². The molecule has 0 spiro atoms. The Hall–Kier alpha value is -2.79. The Morgan fingerprint density at radius 1 is 1.08 bits per heavy atom. The van der Waals surface area contributed by atoms with Gasteiger partial charge in [0.1, 0.15) is 6.54 Å². The van der Waals surface area contributed by atoms with E-state index in [2.05, 4.69) is 4.98 Å². The number of H-pyrrole nitrogens is 1. The van der Waals surface area contributed by atoms with Crippen molar-refractivity contribution < 1.29 is 28.6 Å². The first kappa shape index (κ1) is 24.5. The molecule has 196 valence electrons. The molecule has 2 aliphatic heterocycles. The molecule has 2 aliphatic carbocycles. The van der Waals surface area contributed by atoms with Crippen LogP contribution in [0.3, 0.4) is 0 Å². The number of thiazole rings is 1. The molecule has 1 N–H and O–H groups in total. The minimum Gasteiger partial charge on any atom is -0.493 e. The van der Waals surface area contributed by atoms with Crippen LogP contribution in [-0.2, 0) is 19.1 Å². The normalized spacial score (nSPS) is 31.4. The smallest absolute Gasteiger partial charge is 0.326 e. The number of aromatic nitrogens is 1. The van der Waals surface area contributed by atoms with E-state index in [4.69, 9.17) is 14.2 Å². The Morgan fingerprint density at radius 3 is 2.46 bits per heavy atom. The number of imide groups is 1. The highest BCUT2D eigenvalue weighted by atomic mass is 32.2. The van der Waals surface area contributed by atoms with Gasteiger partial charge in [0.2, 0.25) is 11.8 Å². The Morgan fingerprint density at radius 2 is 1.78 bits per heavy atom. The molecule has 1 aromatic heterocycles. The number of nitrogens with zero attached hydrogens (tertiary/aromatic N) is 1. The molecular weight excluding hydrogens is 516 g/mol. The van der Waals surface area contributed by atoms with E-state index in [0.717, 1.165) is 26.8 Å². The molecule has 2 bridgehead atoms. The van der Waals surface area contributed by atoms with Gasteiger partial charge in [-0.05, 0) is 55.7 Å². The quantitative estimate of drug-likeness (QED) is 0.436. The number of likely N-dealkylation sites (tertiary alicyclic amines) is 1. The Balaban J connectivity index is 1.38. The first-order valence-corrected chi connectivity index (χ1v) is 14.1. The Kier molecular flexibility index (Phi) is 5.91. The number of benzene rings is 1. The van der Waals surface area contributed by atoms with E-state index in [0.29, 0.717) is 11.5 Å². The van der Waals surface area contributed by atoms with Crippen LogP contribution in [0.15, 0.2) is 28.0 Å². The molecule has 2 aromatic rings.